The van der Waals surface area contributed by atoms with Gasteiger partial charge in [-0.1, -0.05) is 88.2 Å². The van der Waals surface area contributed by atoms with Crippen LogP contribution in [0, 0.1) is 17.0 Å². The third-order valence-corrected chi connectivity index (χ3v) is 6.32. The quantitative estimate of drug-likeness (QED) is 0.127. The standard InChI is InChI=1S/C29H21BrN4O4/c1-19-11-13-20(14-12-19)18-38-27-22(15-23(30)16-26(27)34(36)37)17-31-33-28(21-7-3-2-4-8-21)32-25-10-6-5-9-24(25)29(33)35/h2-17H,18H2,1H3. The summed E-state index contributed by atoms with van der Waals surface area (Å²) in [6, 6.07) is 27.0. The minimum atomic E-state index is -0.508. The molecule has 9 heteroatoms. The van der Waals surface area contributed by atoms with Gasteiger partial charge < -0.3 is 4.74 Å². The van der Waals surface area contributed by atoms with Crippen molar-refractivity contribution in [2.45, 2.75) is 13.5 Å². The first-order valence-corrected chi connectivity index (χ1v) is 12.5. The zero-order chi connectivity index (χ0) is 26.6. The molecule has 0 fully saturated rings. The molecular formula is C29H21BrN4O4. The molecular weight excluding hydrogens is 548 g/mol. The van der Waals surface area contributed by atoms with Crippen molar-refractivity contribution in [1.29, 1.82) is 0 Å². The summed E-state index contributed by atoms with van der Waals surface area (Å²) in [7, 11) is 0. The molecule has 5 rings (SSSR count). The minimum Gasteiger partial charge on any atom is -0.481 e. The predicted octanol–water partition coefficient (Wildman–Crippen LogP) is 6.50. The Kier molecular flexibility index (Phi) is 7.10. The van der Waals surface area contributed by atoms with Crippen LogP contribution in [0.25, 0.3) is 22.3 Å². The fraction of sp³-hybridized carbons (Fsp3) is 0.0690. The second-order valence-corrected chi connectivity index (χ2v) is 9.47. The van der Waals surface area contributed by atoms with Crippen molar-refractivity contribution < 1.29 is 9.66 Å². The normalized spacial score (nSPS) is 11.2. The summed E-state index contributed by atoms with van der Waals surface area (Å²) in [5, 5.41) is 16.8. The number of halogens is 1. The molecule has 4 aromatic carbocycles. The molecule has 1 aromatic heterocycles. The van der Waals surface area contributed by atoms with Gasteiger partial charge in [0.25, 0.3) is 5.56 Å². The van der Waals surface area contributed by atoms with Crippen molar-refractivity contribution in [3.63, 3.8) is 0 Å². The molecule has 0 aliphatic carbocycles. The molecule has 188 valence electrons. The van der Waals surface area contributed by atoms with Gasteiger partial charge in [0, 0.05) is 21.7 Å². The Hall–Kier alpha value is -4.63. The second-order valence-electron chi connectivity index (χ2n) is 8.55. The fourth-order valence-corrected chi connectivity index (χ4v) is 4.42. The van der Waals surface area contributed by atoms with Crippen LogP contribution in [0.5, 0.6) is 5.75 Å². The molecule has 5 aromatic rings. The predicted molar refractivity (Wildman–Crippen MR) is 151 cm³/mol. The summed E-state index contributed by atoms with van der Waals surface area (Å²) in [6.07, 6.45) is 1.38. The van der Waals surface area contributed by atoms with E-state index in [-0.39, 0.29) is 23.6 Å². The van der Waals surface area contributed by atoms with E-state index in [9.17, 15) is 14.9 Å². The molecule has 38 heavy (non-hydrogen) atoms. The molecule has 0 unspecified atom stereocenters. The zero-order valence-corrected chi connectivity index (χ0v) is 21.8. The van der Waals surface area contributed by atoms with Crippen LogP contribution in [0.1, 0.15) is 16.7 Å². The van der Waals surface area contributed by atoms with Gasteiger partial charge in [-0.05, 0) is 30.7 Å². The maximum atomic E-state index is 13.5. The van der Waals surface area contributed by atoms with Crippen molar-refractivity contribution in [3.05, 3.63) is 133 Å². The molecule has 0 bridgehead atoms. The van der Waals surface area contributed by atoms with Crippen LogP contribution < -0.4 is 10.3 Å². The number of para-hydroxylation sites is 1. The van der Waals surface area contributed by atoms with Gasteiger partial charge in [0.05, 0.1) is 22.0 Å². The molecule has 0 atom stereocenters. The van der Waals surface area contributed by atoms with Gasteiger partial charge in [-0.25, -0.2) is 4.98 Å². The molecule has 0 saturated heterocycles. The maximum Gasteiger partial charge on any atom is 0.312 e. The lowest BCUT2D eigenvalue weighted by molar-refractivity contribution is -0.386. The van der Waals surface area contributed by atoms with E-state index in [0.717, 1.165) is 11.1 Å². The van der Waals surface area contributed by atoms with E-state index in [2.05, 4.69) is 26.0 Å². The minimum absolute atomic E-state index is 0.0468. The van der Waals surface area contributed by atoms with Gasteiger partial charge in [-0.2, -0.15) is 9.78 Å². The van der Waals surface area contributed by atoms with E-state index in [1.807, 2.05) is 67.6 Å². The molecule has 0 saturated carbocycles. The van der Waals surface area contributed by atoms with Crippen LogP contribution in [-0.2, 0) is 6.61 Å². The third-order valence-electron chi connectivity index (χ3n) is 5.86. The van der Waals surface area contributed by atoms with Gasteiger partial charge in [-0.15, -0.1) is 0 Å². The molecule has 0 spiro atoms. The van der Waals surface area contributed by atoms with Crippen LogP contribution in [0.4, 0.5) is 5.69 Å². The number of nitro groups is 1. The number of aryl methyl sites for hydroxylation is 1. The number of aromatic nitrogens is 2. The lowest BCUT2D eigenvalue weighted by atomic mass is 10.1. The molecule has 0 amide bonds. The highest BCUT2D eigenvalue weighted by atomic mass is 79.9. The smallest absolute Gasteiger partial charge is 0.312 e. The van der Waals surface area contributed by atoms with Gasteiger partial charge in [0.15, 0.2) is 5.82 Å². The van der Waals surface area contributed by atoms with Crippen molar-refractivity contribution in [3.8, 4) is 17.1 Å². The summed E-state index contributed by atoms with van der Waals surface area (Å²) in [6.45, 7) is 2.10. The Bertz CT molecular complexity index is 1730. The van der Waals surface area contributed by atoms with Crippen molar-refractivity contribution in [1.82, 2.24) is 9.66 Å². The lowest BCUT2D eigenvalue weighted by Crippen LogP contribution is -2.20. The zero-order valence-electron chi connectivity index (χ0n) is 20.2. The van der Waals surface area contributed by atoms with Crippen LogP contribution in [-0.4, -0.2) is 20.8 Å². The number of hydrogen-bond acceptors (Lipinski definition) is 6. The third kappa shape index (κ3) is 5.23. The molecule has 8 nitrogen and oxygen atoms in total. The highest BCUT2D eigenvalue weighted by Crippen LogP contribution is 2.34. The summed E-state index contributed by atoms with van der Waals surface area (Å²) >= 11 is 3.34. The first-order chi connectivity index (χ1) is 18.4. The highest BCUT2D eigenvalue weighted by molar-refractivity contribution is 9.10. The lowest BCUT2D eigenvalue weighted by Gasteiger charge is -2.12. The van der Waals surface area contributed by atoms with E-state index >= 15 is 0 Å². The Morgan fingerprint density at radius 1 is 1.03 bits per heavy atom. The monoisotopic (exact) mass is 568 g/mol. The number of ether oxygens (including phenoxy) is 1. The summed E-state index contributed by atoms with van der Waals surface area (Å²) in [5.74, 6) is 0.391. The van der Waals surface area contributed by atoms with Crippen LogP contribution >= 0.6 is 15.9 Å². The van der Waals surface area contributed by atoms with Gasteiger partial charge in [0.2, 0.25) is 5.75 Å². The van der Waals surface area contributed by atoms with E-state index in [1.165, 1.54) is 17.0 Å². The van der Waals surface area contributed by atoms with Gasteiger partial charge in [0.1, 0.15) is 6.61 Å². The van der Waals surface area contributed by atoms with Gasteiger partial charge >= 0.3 is 5.69 Å². The van der Waals surface area contributed by atoms with E-state index in [0.29, 0.717) is 32.3 Å². The van der Waals surface area contributed by atoms with Crippen LogP contribution in [0.2, 0.25) is 0 Å². The molecule has 0 N–H and O–H groups in total. The topological polar surface area (TPSA) is 99.6 Å². The number of nitrogens with zero attached hydrogens (tertiary/aromatic N) is 4. The van der Waals surface area contributed by atoms with Crippen molar-refractivity contribution >= 4 is 38.7 Å². The summed E-state index contributed by atoms with van der Waals surface area (Å²) in [4.78, 5) is 29.5. The molecule has 0 radical (unpaired) electrons. The first-order valence-electron chi connectivity index (χ1n) is 11.7. The number of rotatable bonds is 7. The van der Waals surface area contributed by atoms with E-state index in [4.69, 9.17) is 4.74 Å². The van der Waals surface area contributed by atoms with Crippen molar-refractivity contribution in [2.24, 2.45) is 5.10 Å². The SMILES string of the molecule is Cc1ccc(COc2c(C=Nn3c(-c4ccccc4)nc4ccccc4c3=O)cc(Br)cc2[N+](=O)[O-])cc1. The average Bonchev–Trinajstić information content (AvgIpc) is 2.93. The van der Waals surface area contributed by atoms with Crippen LogP contribution in [0.15, 0.2) is 105 Å². The average molecular weight is 569 g/mol. The maximum absolute atomic E-state index is 13.5. The van der Waals surface area contributed by atoms with Gasteiger partial charge in [-0.3, -0.25) is 14.9 Å². The molecule has 0 aliphatic heterocycles. The fourth-order valence-electron chi connectivity index (χ4n) is 3.95. The Labute approximate surface area is 226 Å². The van der Waals surface area contributed by atoms with E-state index < -0.39 is 4.92 Å². The number of benzene rings is 4. The molecule has 0 aliphatic rings. The Morgan fingerprint density at radius 3 is 2.47 bits per heavy atom. The highest BCUT2D eigenvalue weighted by Gasteiger charge is 2.21. The number of nitro benzene ring substituents is 1. The first kappa shape index (κ1) is 25.0. The number of fused-ring (bicyclic) bond motifs is 1. The second kappa shape index (κ2) is 10.8. The van der Waals surface area contributed by atoms with Crippen molar-refractivity contribution in [2.75, 3.05) is 0 Å². The Balaban J connectivity index is 1.63. The largest absolute Gasteiger partial charge is 0.481 e. The summed E-state index contributed by atoms with van der Waals surface area (Å²) < 4.78 is 7.63. The van der Waals surface area contributed by atoms with E-state index in [1.54, 1.807) is 24.3 Å². The number of hydrogen-bond donors (Lipinski definition) is 0. The summed E-state index contributed by atoms with van der Waals surface area (Å²) in [5.41, 5.74) is 2.94. The van der Waals surface area contributed by atoms with Crippen LogP contribution in [0.3, 0.4) is 0 Å². The Morgan fingerprint density at radius 2 is 1.74 bits per heavy atom. The molecule has 1 heterocycles.